The molecule has 0 spiro atoms. The van der Waals surface area contributed by atoms with Crippen molar-refractivity contribution in [1.82, 2.24) is 0 Å². The predicted molar refractivity (Wildman–Crippen MR) is 137 cm³/mol. The number of esters is 2. The van der Waals surface area contributed by atoms with Gasteiger partial charge in [0.25, 0.3) is 0 Å². The van der Waals surface area contributed by atoms with Gasteiger partial charge >= 0.3 is 11.9 Å². The molecule has 0 aliphatic heterocycles. The molecule has 0 amide bonds. The van der Waals surface area contributed by atoms with E-state index >= 15 is 0 Å². The summed E-state index contributed by atoms with van der Waals surface area (Å²) in [6, 6.07) is 17.6. The van der Waals surface area contributed by atoms with Crippen molar-refractivity contribution < 1.29 is 47.5 Å². The molecule has 0 bridgehead atoms. The van der Waals surface area contributed by atoms with Gasteiger partial charge < -0.3 is 38.0 Å². The Hall–Kier alpha value is -3.15. The highest BCUT2D eigenvalue weighted by atomic mass is 16.7. The van der Waals surface area contributed by atoms with Crippen molar-refractivity contribution >= 4 is 18.2 Å². The van der Waals surface area contributed by atoms with E-state index in [1.54, 1.807) is 48.5 Å². The summed E-state index contributed by atoms with van der Waals surface area (Å²) in [6.45, 7) is 1.72. The lowest BCUT2D eigenvalue weighted by Crippen LogP contribution is -2.22. The molecule has 0 saturated carbocycles. The van der Waals surface area contributed by atoms with Crippen LogP contribution in [0.5, 0.6) is 5.75 Å². The van der Waals surface area contributed by atoms with Gasteiger partial charge in [0.15, 0.2) is 6.29 Å². The Morgan fingerprint density at radius 2 is 1.39 bits per heavy atom. The third-order valence-corrected chi connectivity index (χ3v) is 4.90. The summed E-state index contributed by atoms with van der Waals surface area (Å²) in [7, 11) is 0. The van der Waals surface area contributed by atoms with Crippen molar-refractivity contribution in [3.05, 3.63) is 66.2 Å². The SMILES string of the molecule is O=CCCCC(OCCOCCC(=O)Oc1ccccc1)OCOCCOCCOC(=O)c1ccccc1. The van der Waals surface area contributed by atoms with Crippen LogP contribution in [-0.2, 0) is 38.0 Å². The molecule has 0 aromatic heterocycles. The zero-order chi connectivity index (χ0) is 27.1. The first kappa shape index (κ1) is 31.1. The van der Waals surface area contributed by atoms with E-state index in [9.17, 15) is 14.4 Å². The van der Waals surface area contributed by atoms with Gasteiger partial charge in [0.1, 0.15) is 25.4 Å². The fourth-order valence-corrected chi connectivity index (χ4v) is 3.00. The van der Waals surface area contributed by atoms with Gasteiger partial charge in [0, 0.05) is 6.42 Å². The summed E-state index contributed by atoms with van der Waals surface area (Å²) in [5.41, 5.74) is 0.494. The van der Waals surface area contributed by atoms with Crippen LogP contribution in [0.15, 0.2) is 60.7 Å². The first-order valence-corrected chi connectivity index (χ1v) is 12.6. The van der Waals surface area contributed by atoms with Crippen LogP contribution < -0.4 is 4.74 Å². The molecule has 0 fully saturated rings. The molecule has 2 aromatic carbocycles. The Kier molecular flexibility index (Phi) is 17.1. The van der Waals surface area contributed by atoms with Crippen molar-refractivity contribution in [3.63, 3.8) is 0 Å². The van der Waals surface area contributed by atoms with Crippen molar-refractivity contribution in [2.24, 2.45) is 0 Å². The van der Waals surface area contributed by atoms with E-state index in [-0.39, 0.29) is 58.8 Å². The maximum Gasteiger partial charge on any atom is 0.338 e. The second kappa shape index (κ2) is 20.9. The van der Waals surface area contributed by atoms with E-state index in [1.165, 1.54) is 0 Å². The average molecular weight is 533 g/mol. The van der Waals surface area contributed by atoms with Crippen molar-refractivity contribution in [2.45, 2.75) is 32.0 Å². The highest BCUT2D eigenvalue weighted by Gasteiger charge is 2.10. The number of hydrogen-bond acceptors (Lipinski definition) is 10. The van der Waals surface area contributed by atoms with Crippen LogP contribution in [-0.4, -0.2) is 77.6 Å². The summed E-state index contributed by atoms with van der Waals surface area (Å²) >= 11 is 0. The molecule has 0 aliphatic rings. The number of carbonyl (C=O) groups is 3. The molecule has 10 nitrogen and oxygen atoms in total. The third kappa shape index (κ3) is 15.2. The molecule has 1 unspecified atom stereocenters. The van der Waals surface area contributed by atoms with E-state index in [2.05, 4.69) is 0 Å². The molecule has 2 rings (SSSR count). The van der Waals surface area contributed by atoms with Crippen molar-refractivity contribution in [2.75, 3.05) is 53.0 Å². The molecule has 10 heteroatoms. The van der Waals surface area contributed by atoms with Crippen LogP contribution in [0.25, 0.3) is 0 Å². The number of hydrogen-bond donors (Lipinski definition) is 0. The van der Waals surface area contributed by atoms with Crippen LogP contribution in [0, 0.1) is 0 Å². The number of aldehydes is 1. The van der Waals surface area contributed by atoms with Crippen LogP contribution in [0.3, 0.4) is 0 Å². The molecule has 0 saturated heterocycles. The summed E-state index contributed by atoms with van der Waals surface area (Å²) in [5.74, 6) is -0.272. The zero-order valence-electron chi connectivity index (χ0n) is 21.5. The van der Waals surface area contributed by atoms with E-state index in [1.807, 2.05) is 12.1 Å². The van der Waals surface area contributed by atoms with Gasteiger partial charge in [-0.3, -0.25) is 4.79 Å². The first-order chi connectivity index (χ1) is 18.7. The minimum absolute atomic E-state index is 0.00963. The maximum absolute atomic E-state index is 11.8. The molecular formula is C28H36O10. The lowest BCUT2D eigenvalue weighted by atomic mass is 10.2. The minimum Gasteiger partial charge on any atom is -0.460 e. The quantitative estimate of drug-likeness (QED) is 0.0732. The van der Waals surface area contributed by atoms with Crippen LogP contribution >= 0.6 is 0 Å². The number of carbonyl (C=O) groups excluding carboxylic acids is 3. The molecule has 0 N–H and O–H groups in total. The Balaban J connectivity index is 1.47. The van der Waals surface area contributed by atoms with Gasteiger partial charge in [-0.15, -0.1) is 0 Å². The molecule has 2 aromatic rings. The molecule has 0 heterocycles. The topological polar surface area (TPSA) is 116 Å². The second-order valence-corrected chi connectivity index (χ2v) is 7.85. The molecule has 1 atom stereocenters. The Morgan fingerprint density at radius 3 is 2.16 bits per heavy atom. The summed E-state index contributed by atoms with van der Waals surface area (Å²) in [5, 5.41) is 0. The number of rotatable bonds is 22. The molecule has 0 radical (unpaired) electrons. The van der Waals surface area contributed by atoms with Gasteiger partial charge in [-0.25, -0.2) is 4.79 Å². The highest BCUT2D eigenvalue weighted by Crippen LogP contribution is 2.09. The summed E-state index contributed by atoms with van der Waals surface area (Å²) < 4.78 is 37.8. The molecule has 38 heavy (non-hydrogen) atoms. The largest absolute Gasteiger partial charge is 0.460 e. The number of ether oxygens (including phenoxy) is 7. The van der Waals surface area contributed by atoms with Gasteiger partial charge in [-0.1, -0.05) is 36.4 Å². The standard InChI is InChI=1S/C28H36O10/c29-15-8-7-13-27(35-21-19-32-16-14-26(30)38-25-11-5-2-6-12-25)37-23-34-18-17-33-20-22-36-28(31)24-9-3-1-4-10-24/h1-6,9-12,15,27H,7-8,13-14,16-23H2. The number of para-hydroxylation sites is 1. The van der Waals surface area contributed by atoms with Gasteiger partial charge in [0.05, 0.1) is 51.6 Å². The Bertz CT molecular complexity index is 891. The summed E-state index contributed by atoms with van der Waals surface area (Å²) in [6.07, 6.45) is 1.96. The van der Waals surface area contributed by atoms with E-state index in [4.69, 9.17) is 33.2 Å². The molecule has 0 aliphatic carbocycles. The summed E-state index contributed by atoms with van der Waals surface area (Å²) in [4.78, 5) is 34.2. The highest BCUT2D eigenvalue weighted by molar-refractivity contribution is 5.89. The lowest BCUT2D eigenvalue weighted by molar-refractivity contribution is -0.204. The van der Waals surface area contributed by atoms with Crippen LogP contribution in [0.1, 0.15) is 36.0 Å². The molecular weight excluding hydrogens is 496 g/mol. The van der Waals surface area contributed by atoms with E-state index in [0.717, 1.165) is 6.29 Å². The lowest BCUT2D eigenvalue weighted by Gasteiger charge is -2.18. The van der Waals surface area contributed by atoms with E-state index < -0.39 is 12.3 Å². The Labute approximate surface area is 223 Å². The first-order valence-electron chi connectivity index (χ1n) is 12.6. The van der Waals surface area contributed by atoms with Crippen molar-refractivity contribution in [3.8, 4) is 5.75 Å². The molecule has 208 valence electrons. The fourth-order valence-electron chi connectivity index (χ4n) is 3.00. The predicted octanol–water partition coefficient (Wildman–Crippen LogP) is 3.57. The van der Waals surface area contributed by atoms with Gasteiger partial charge in [0.2, 0.25) is 0 Å². The third-order valence-electron chi connectivity index (χ3n) is 4.90. The van der Waals surface area contributed by atoms with Crippen LogP contribution in [0.2, 0.25) is 0 Å². The van der Waals surface area contributed by atoms with Gasteiger partial charge in [-0.05, 0) is 37.1 Å². The number of benzene rings is 2. The normalized spacial score (nSPS) is 11.6. The second-order valence-electron chi connectivity index (χ2n) is 7.85. The smallest absolute Gasteiger partial charge is 0.338 e. The maximum atomic E-state index is 11.8. The van der Waals surface area contributed by atoms with Gasteiger partial charge in [-0.2, -0.15) is 0 Å². The monoisotopic (exact) mass is 532 g/mol. The van der Waals surface area contributed by atoms with Crippen molar-refractivity contribution in [1.29, 1.82) is 0 Å². The average Bonchev–Trinajstić information content (AvgIpc) is 2.94. The Morgan fingerprint density at radius 1 is 0.737 bits per heavy atom. The van der Waals surface area contributed by atoms with Crippen LogP contribution in [0.4, 0.5) is 0 Å². The van der Waals surface area contributed by atoms with E-state index in [0.29, 0.717) is 37.2 Å². The minimum atomic E-state index is -0.556. The zero-order valence-corrected chi connectivity index (χ0v) is 21.5. The number of unbranched alkanes of at least 4 members (excludes halogenated alkanes) is 1. The fraction of sp³-hybridized carbons (Fsp3) is 0.464.